The summed E-state index contributed by atoms with van der Waals surface area (Å²) < 4.78 is 0. The second-order valence-electron chi connectivity index (χ2n) is 3.20. The van der Waals surface area contributed by atoms with Crippen LogP contribution >= 0.6 is 12.2 Å². The molecule has 1 aromatic heterocycles. The van der Waals surface area contributed by atoms with Crippen molar-refractivity contribution in [1.29, 1.82) is 0 Å². The SMILES string of the molecule is CCN(C)c1nccc(C)c1C(N)=S. The first-order valence-electron chi connectivity index (χ1n) is 4.54. The van der Waals surface area contributed by atoms with Crippen LogP contribution < -0.4 is 10.6 Å². The summed E-state index contributed by atoms with van der Waals surface area (Å²) in [6.07, 6.45) is 1.78. The van der Waals surface area contributed by atoms with Crippen molar-refractivity contribution in [3.63, 3.8) is 0 Å². The molecule has 0 bridgehead atoms. The zero-order chi connectivity index (χ0) is 10.7. The molecule has 0 unspecified atom stereocenters. The highest BCUT2D eigenvalue weighted by atomic mass is 32.1. The van der Waals surface area contributed by atoms with Crippen LogP contribution in [0.5, 0.6) is 0 Å². The van der Waals surface area contributed by atoms with E-state index in [9.17, 15) is 0 Å². The van der Waals surface area contributed by atoms with E-state index in [1.165, 1.54) is 0 Å². The predicted octanol–water partition coefficient (Wildman–Crippen LogP) is 1.48. The number of aromatic nitrogens is 1. The summed E-state index contributed by atoms with van der Waals surface area (Å²) in [4.78, 5) is 6.73. The summed E-state index contributed by atoms with van der Waals surface area (Å²) >= 11 is 5.02. The Morgan fingerprint density at radius 2 is 2.29 bits per heavy atom. The van der Waals surface area contributed by atoms with Gasteiger partial charge in [-0.2, -0.15) is 0 Å². The van der Waals surface area contributed by atoms with Gasteiger partial charge in [0, 0.05) is 19.8 Å². The van der Waals surface area contributed by atoms with Gasteiger partial charge < -0.3 is 10.6 Å². The highest BCUT2D eigenvalue weighted by Gasteiger charge is 2.11. The van der Waals surface area contributed by atoms with Gasteiger partial charge in [-0.1, -0.05) is 12.2 Å². The fourth-order valence-electron chi connectivity index (χ4n) is 1.29. The van der Waals surface area contributed by atoms with Gasteiger partial charge in [0.25, 0.3) is 0 Å². The largest absolute Gasteiger partial charge is 0.389 e. The standard InChI is InChI=1S/C10H15N3S/c1-4-13(3)10-8(9(11)14)7(2)5-6-12-10/h5-6H,4H2,1-3H3,(H2,11,14). The molecule has 1 heterocycles. The highest BCUT2D eigenvalue weighted by Crippen LogP contribution is 2.19. The van der Waals surface area contributed by atoms with Gasteiger partial charge in [0.1, 0.15) is 10.8 Å². The Hall–Kier alpha value is -1.16. The molecule has 76 valence electrons. The van der Waals surface area contributed by atoms with Gasteiger partial charge in [-0.15, -0.1) is 0 Å². The van der Waals surface area contributed by atoms with Crippen LogP contribution in [0.15, 0.2) is 12.3 Å². The van der Waals surface area contributed by atoms with E-state index in [1.54, 1.807) is 6.20 Å². The molecule has 4 heteroatoms. The number of pyridine rings is 1. The predicted molar refractivity (Wildman–Crippen MR) is 63.8 cm³/mol. The normalized spacial score (nSPS) is 9.93. The van der Waals surface area contributed by atoms with Crippen molar-refractivity contribution in [3.8, 4) is 0 Å². The van der Waals surface area contributed by atoms with E-state index in [2.05, 4.69) is 11.9 Å². The van der Waals surface area contributed by atoms with Crippen LogP contribution in [-0.2, 0) is 0 Å². The third kappa shape index (κ3) is 2.01. The minimum Gasteiger partial charge on any atom is -0.389 e. The maximum Gasteiger partial charge on any atom is 0.138 e. The molecule has 0 radical (unpaired) electrons. The van der Waals surface area contributed by atoms with E-state index >= 15 is 0 Å². The topological polar surface area (TPSA) is 42.2 Å². The monoisotopic (exact) mass is 209 g/mol. The molecule has 2 N–H and O–H groups in total. The third-order valence-electron chi connectivity index (χ3n) is 2.22. The molecule has 0 saturated heterocycles. The van der Waals surface area contributed by atoms with Crippen molar-refractivity contribution in [3.05, 3.63) is 23.4 Å². The van der Waals surface area contributed by atoms with Crippen molar-refractivity contribution in [1.82, 2.24) is 4.98 Å². The number of rotatable bonds is 3. The highest BCUT2D eigenvalue weighted by molar-refractivity contribution is 7.80. The summed E-state index contributed by atoms with van der Waals surface area (Å²) in [6.45, 7) is 4.93. The van der Waals surface area contributed by atoms with Gasteiger partial charge >= 0.3 is 0 Å². The minimum absolute atomic E-state index is 0.408. The van der Waals surface area contributed by atoms with Crippen LogP contribution in [0, 0.1) is 6.92 Å². The van der Waals surface area contributed by atoms with Gasteiger partial charge in [-0.3, -0.25) is 0 Å². The number of nitrogens with two attached hydrogens (primary N) is 1. The summed E-state index contributed by atoms with van der Waals surface area (Å²) in [7, 11) is 1.98. The number of thiocarbonyl (C=S) groups is 1. The summed E-state index contributed by atoms with van der Waals surface area (Å²) in [6, 6.07) is 1.92. The smallest absolute Gasteiger partial charge is 0.138 e. The maximum atomic E-state index is 5.67. The lowest BCUT2D eigenvalue weighted by atomic mass is 10.1. The number of anilines is 1. The molecule has 1 aromatic rings. The van der Waals surface area contributed by atoms with Crippen LogP contribution in [-0.4, -0.2) is 23.6 Å². The average Bonchev–Trinajstić information content (AvgIpc) is 2.15. The maximum absolute atomic E-state index is 5.67. The molecule has 0 aliphatic heterocycles. The van der Waals surface area contributed by atoms with Crippen molar-refractivity contribution < 1.29 is 0 Å². The number of aryl methyl sites for hydroxylation is 1. The molecule has 0 aliphatic rings. The zero-order valence-electron chi connectivity index (χ0n) is 8.74. The molecule has 0 aliphatic carbocycles. The van der Waals surface area contributed by atoms with Crippen molar-refractivity contribution in [2.24, 2.45) is 5.73 Å². The summed E-state index contributed by atoms with van der Waals surface area (Å²) in [5, 5.41) is 0. The fraction of sp³-hybridized carbons (Fsp3) is 0.400. The minimum atomic E-state index is 0.408. The van der Waals surface area contributed by atoms with Gasteiger partial charge in [0.15, 0.2) is 0 Å². The second-order valence-corrected chi connectivity index (χ2v) is 3.64. The molecular weight excluding hydrogens is 194 g/mol. The van der Waals surface area contributed by atoms with Gasteiger partial charge in [0.05, 0.1) is 5.56 Å². The lowest BCUT2D eigenvalue weighted by molar-refractivity contribution is 0.934. The second kappa shape index (κ2) is 4.37. The van der Waals surface area contributed by atoms with Gasteiger partial charge in [-0.05, 0) is 25.5 Å². The zero-order valence-corrected chi connectivity index (χ0v) is 9.56. The quantitative estimate of drug-likeness (QED) is 0.766. The lowest BCUT2D eigenvalue weighted by Gasteiger charge is -2.19. The van der Waals surface area contributed by atoms with E-state index < -0.39 is 0 Å². The molecule has 0 spiro atoms. The van der Waals surface area contributed by atoms with Crippen molar-refractivity contribution in [2.75, 3.05) is 18.5 Å². The Bertz CT molecular complexity index is 349. The van der Waals surface area contributed by atoms with E-state index in [1.807, 2.05) is 24.9 Å². The molecule has 0 amide bonds. The number of nitrogens with zero attached hydrogens (tertiary/aromatic N) is 2. The van der Waals surface area contributed by atoms with Crippen molar-refractivity contribution in [2.45, 2.75) is 13.8 Å². The summed E-state index contributed by atoms with van der Waals surface area (Å²) in [5.74, 6) is 0.861. The Morgan fingerprint density at radius 3 is 2.79 bits per heavy atom. The molecule has 3 nitrogen and oxygen atoms in total. The molecule has 1 rings (SSSR count). The Kier molecular flexibility index (Phi) is 3.41. The molecule has 0 fully saturated rings. The molecule has 0 atom stereocenters. The molecule has 14 heavy (non-hydrogen) atoms. The third-order valence-corrected chi connectivity index (χ3v) is 2.43. The number of hydrogen-bond acceptors (Lipinski definition) is 3. The first-order valence-corrected chi connectivity index (χ1v) is 4.95. The summed E-state index contributed by atoms with van der Waals surface area (Å²) in [5.41, 5.74) is 7.63. The Morgan fingerprint density at radius 1 is 1.64 bits per heavy atom. The average molecular weight is 209 g/mol. The van der Waals surface area contributed by atoms with Crippen LogP contribution in [0.3, 0.4) is 0 Å². The van der Waals surface area contributed by atoms with Crippen molar-refractivity contribution >= 4 is 23.0 Å². The van der Waals surface area contributed by atoms with Gasteiger partial charge in [-0.25, -0.2) is 4.98 Å². The van der Waals surface area contributed by atoms with Crippen LogP contribution in [0.4, 0.5) is 5.82 Å². The molecule has 0 aromatic carbocycles. The van der Waals surface area contributed by atoms with E-state index in [0.29, 0.717) is 4.99 Å². The first-order chi connectivity index (χ1) is 6.57. The first kappa shape index (κ1) is 10.9. The number of hydrogen-bond donors (Lipinski definition) is 1. The Labute approximate surface area is 89.9 Å². The molecule has 0 saturated carbocycles. The van der Waals surface area contributed by atoms with E-state index in [0.717, 1.165) is 23.5 Å². The van der Waals surface area contributed by atoms with Crippen LogP contribution in [0.1, 0.15) is 18.1 Å². The van der Waals surface area contributed by atoms with Crippen LogP contribution in [0.25, 0.3) is 0 Å². The Balaban J connectivity index is 3.28. The van der Waals surface area contributed by atoms with E-state index in [4.69, 9.17) is 18.0 Å². The van der Waals surface area contributed by atoms with Gasteiger partial charge in [0.2, 0.25) is 0 Å². The fourth-order valence-corrected chi connectivity index (χ4v) is 1.54. The lowest BCUT2D eigenvalue weighted by Crippen LogP contribution is -2.23. The van der Waals surface area contributed by atoms with E-state index in [-0.39, 0.29) is 0 Å². The van der Waals surface area contributed by atoms with Crippen LogP contribution in [0.2, 0.25) is 0 Å². The molecular formula is C10H15N3S.